The van der Waals surface area contributed by atoms with E-state index in [4.69, 9.17) is 11.6 Å². The van der Waals surface area contributed by atoms with Crippen LogP contribution in [-0.2, 0) is 6.54 Å². The highest BCUT2D eigenvalue weighted by atomic mass is 35.5. The summed E-state index contributed by atoms with van der Waals surface area (Å²) in [6.45, 7) is 9.79. The first-order valence-electron chi connectivity index (χ1n) is 8.66. The predicted octanol–water partition coefficient (Wildman–Crippen LogP) is 6.72. The van der Waals surface area contributed by atoms with Crippen molar-refractivity contribution in [3.8, 4) is 11.1 Å². The fraction of sp³-hybridized carbons (Fsp3) is 0.130. The predicted molar refractivity (Wildman–Crippen MR) is 113 cm³/mol. The summed E-state index contributed by atoms with van der Waals surface area (Å²) in [6, 6.07) is 21.4. The second-order valence-electron chi connectivity index (χ2n) is 6.51. The van der Waals surface area contributed by atoms with E-state index in [9.17, 15) is 0 Å². The van der Waals surface area contributed by atoms with Gasteiger partial charge in [0.25, 0.3) is 0 Å². The van der Waals surface area contributed by atoms with E-state index in [1.54, 1.807) is 11.3 Å². The zero-order chi connectivity index (χ0) is 18.1. The number of hydrogen-bond acceptors (Lipinski definition) is 2. The summed E-state index contributed by atoms with van der Waals surface area (Å²) in [7, 11) is 0. The van der Waals surface area contributed by atoms with E-state index >= 15 is 0 Å². The Hall–Kier alpha value is -2.29. The molecule has 0 saturated carbocycles. The molecule has 1 nitrogen and oxygen atoms in total. The molecule has 0 radical (unpaired) electrons. The van der Waals surface area contributed by atoms with Crippen LogP contribution in [-0.4, -0.2) is 11.4 Å². The third-order valence-electron chi connectivity index (χ3n) is 4.99. The topological polar surface area (TPSA) is 3.24 Å². The van der Waals surface area contributed by atoms with Crippen molar-refractivity contribution >= 4 is 22.9 Å². The summed E-state index contributed by atoms with van der Waals surface area (Å²) in [5.74, 6) is 0.260. The highest BCUT2D eigenvalue weighted by Crippen LogP contribution is 2.43. The highest BCUT2D eigenvalue weighted by Gasteiger charge is 2.30. The molecule has 0 spiro atoms. The number of thiophene rings is 1. The maximum atomic E-state index is 6.38. The van der Waals surface area contributed by atoms with E-state index in [1.807, 2.05) is 6.08 Å². The Kier molecular flexibility index (Phi) is 4.71. The maximum Gasteiger partial charge on any atom is 0.0934 e. The van der Waals surface area contributed by atoms with Gasteiger partial charge >= 0.3 is 0 Å². The van der Waals surface area contributed by atoms with Crippen molar-refractivity contribution < 1.29 is 0 Å². The first-order valence-corrected chi connectivity index (χ1v) is 9.85. The molecule has 1 aliphatic rings. The van der Waals surface area contributed by atoms with Crippen LogP contribution in [0.4, 0.5) is 0 Å². The van der Waals surface area contributed by atoms with E-state index in [2.05, 4.69) is 78.7 Å². The van der Waals surface area contributed by atoms with Crippen molar-refractivity contribution in [2.45, 2.75) is 12.5 Å². The molecular weight excluding hydrogens is 358 g/mol. The van der Waals surface area contributed by atoms with Gasteiger partial charge in [-0.25, -0.2) is 0 Å². The van der Waals surface area contributed by atoms with Crippen LogP contribution in [0.2, 0.25) is 4.34 Å². The Morgan fingerprint density at radius 1 is 1.08 bits per heavy atom. The van der Waals surface area contributed by atoms with Gasteiger partial charge in [0.15, 0.2) is 0 Å². The monoisotopic (exact) mass is 377 g/mol. The summed E-state index contributed by atoms with van der Waals surface area (Å²) in [5, 5.41) is 0. The minimum Gasteiger partial charge on any atom is -0.366 e. The molecule has 0 bridgehead atoms. The second kappa shape index (κ2) is 7.14. The molecule has 3 heteroatoms. The molecule has 1 aromatic heterocycles. The van der Waals surface area contributed by atoms with Gasteiger partial charge in [-0.05, 0) is 34.4 Å². The molecule has 0 saturated heterocycles. The minimum absolute atomic E-state index is 0.260. The lowest BCUT2D eigenvalue weighted by Gasteiger charge is -2.35. The van der Waals surface area contributed by atoms with E-state index in [0.29, 0.717) is 0 Å². The van der Waals surface area contributed by atoms with Gasteiger partial charge < -0.3 is 4.90 Å². The minimum atomic E-state index is 0.260. The van der Waals surface area contributed by atoms with Crippen molar-refractivity contribution in [3.05, 3.63) is 106 Å². The molecule has 0 N–H and O–H groups in total. The highest BCUT2D eigenvalue weighted by molar-refractivity contribution is 7.16. The Labute approximate surface area is 163 Å². The lowest BCUT2D eigenvalue weighted by Crippen LogP contribution is -2.32. The van der Waals surface area contributed by atoms with Crippen LogP contribution >= 0.6 is 22.9 Å². The van der Waals surface area contributed by atoms with Gasteiger partial charge in [0.2, 0.25) is 0 Å². The van der Waals surface area contributed by atoms with Crippen LogP contribution in [0.5, 0.6) is 0 Å². The number of nitrogens with zero attached hydrogens (tertiary/aromatic N) is 1. The maximum absolute atomic E-state index is 6.38. The molecule has 26 heavy (non-hydrogen) atoms. The van der Waals surface area contributed by atoms with Gasteiger partial charge in [0.05, 0.1) is 10.9 Å². The molecule has 1 atom stereocenters. The van der Waals surface area contributed by atoms with Gasteiger partial charge in [-0.3, -0.25) is 0 Å². The molecule has 0 aliphatic carbocycles. The number of fused-ring (bicyclic) bond motifs is 1. The van der Waals surface area contributed by atoms with Crippen LogP contribution < -0.4 is 0 Å². The first kappa shape index (κ1) is 17.1. The molecular formula is C23H20ClNS. The van der Waals surface area contributed by atoms with E-state index in [-0.39, 0.29) is 5.92 Å². The number of rotatable bonds is 4. The Balaban J connectivity index is 1.84. The summed E-state index contributed by atoms with van der Waals surface area (Å²) < 4.78 is 0.850. The Morgan fingerprint density at radius 2 is 1.81 bits per heavy atom. The average molecular weight is 378 g/mol. The average Bonchev–Trinajstić information content (AvgIpc) is 3.07. The van der Waals surface area contributed by atoms with Crippen molar-refractivity contribution in [1.29, 1.82) is 0 Å². The van der Waals surface area contributed by atoms with E-state index in [0.717, 1.165) is 23.1 Å². The molecule has 2 aromatic carbocycles. The quantitative estimate of drug-likeness (QED) is 0.456. The second-order valence-corrected chi connectivity index (χ2v) is 8.28. The Bertz CT molecular complexity index is 957. The van der Waals surface area contributed by atoms with Gasteiger partial charge in [-0.15, -0.1) is 11.3 Å². The summed E-state index contributed by atoms with van der Waals surface area (Å²) in [4.78, 5) is 3.62. The molecule has 3 aromatic rings. The van der Waals surface area contributed by atoms with Crippen molar-refractivity contribution in [3.63, 3.8) is 0 Å². The van der Waals surface area contributed by atoms with Crippen LogP contribution in [0.25, 0.3) is 11.1 Å². The van der Waals surface area contributed by atoms with Crippen LogP contribution in [0, 0.1) is 0 Å². The molecule has 4 rings (SSSR count). The molecule has 130 valence electrons. The third-order valence-corrected chi connectivity index (χ3v) is 6.25. The van der Waals surface area contributed by atoms with Crippen molar-refractivity contribution in [1.82, 2.24) is 4.90 Å². The van der Waals surface area contributed by atoms with Crippen LogP contribution in [0.1, 0.15) is 21.9 Å². The normalized spacial score (nSPS) is 16.2. The molecule has 1 aliphatic heterocycles. The van der Waals surface area contributed by atoms with Crippen molar-refractivity contribution in [2.75, 3.05) is 6.54 Å². The lowest BCUT2D eigenvalue weighted by atomic mass is 9.84. The number of hydrogen-bond donors (Lipinski definition) is 0. The molecule has 0 amide bonds. The Morgan fingerprint density at radius 3 is 2.58 bits per heavy atom. The fourth-order valence-corrected chi connectivity index (χ4v) is 5.04. The summed E-state index contributed by atoms with van der Waals surface area (Å²) in [6.07, 6.45) is 1.83. The van der Waals surface area contributed by atoms with Crippen LogP contribution in [0.3, 0.4) is 0 Å². The summed E-state index contributed by atoms with van der Waals surface area (Å²) >= 11 is 8.05. The molecule has 1 unspecified atom stereocenters. The smallest absolute Gasteiger partial charge is 0.0934 e. The van der Waals surface area contributed by atoms with Gasteiger partial charge in [-0.1, -0.05) is 79.4 Å². The summed E-state index contributed by atoms with van der Waals surface area (Å²) in [5.41, 5.74) is 6.15. The zero-order valence-electron chi connectivity index (χ0n) is 14.5. The number of allylic oxidation sites excluding steroid dienone is 1. The number of halogens is 1. The van der Waals surface area contributed by atoms with Gasteiger partial charge in [0, 0.05) is 23.0 Å². The van der Waals surface area contributed by atoms with Crippen LogP contribution in [0.15, 0.2) is 85.6 Å². The van der Waals surface area contributed by atoms with Crippen molar-refractivity contribution in [2.24, 2.45) is 0 Å². The third kappa shape index (κ3) is 3.11. The van der Waals surface area contributed by atoms with E-state index in [1.165, 1.54) is 27.1 Å². The zero-order valence-corrected chi connectivity index (χ0v) is 16.1. The fourth-order valence-electron chi connectivity index (χ4n) is 3.68. The number of benzene rings is 2. The molecule has 0 fully saturated rings. The standard InChI is InChI=1S/C23H20ClNS/c1-3-16(2)25-14-21(20-13-23(24)26-22(20)15-25)19-12-8-7-11-18(19)17-9-5-4-6-10-17/h3-13,21H,1-2,14-15H2. The van der Waals surface area contributed by atoms with Gasteiger partial charge in [0.1, 0.15) is 0 Å². The molecule has 2 heterocycles. The lowest BCUT2D eigenvalue weighted by molar-refractivity contribution is 0.319. The SMILES string of the molecule is C=CC(=C)N1Cc2sc(Cl)cc2C(c2ccccc2-c2ccccc2)C1. The van der Waals surface area contributed by atoms with Gasteiger partial charge in [-0.2, -0.15) is 0 Å². The van der Waals surface area contributed by atoms with E-state index < -0.39 is 0 Å². The largest absolute Gasteiger partial charge is 0.366 e. The first-order chi connectivity index (χ1) is 12.7.